The van der Waals surface area contributed by atoms with E-state index in [0.29, 0.717) is 11.6 Å². The number of hydrogen-bond acceptors (Lipinski definition) is 4. The zero-order valence-electron chi connectivity index (χ0n) is 13.3. The predicted molar refractivity (Wildman–Crippen MR) is 87.3 cm³/mol. The highest BCUT2D eigenvalue weighted by Gasteiger charge is 2.28. The first-order valence-corrected chi connectivity index (χ1v) is 8.69. The van der Waals surface area contributed by atoms with Crippen LogP contribution in [0.4, 0.5) is 0 Å². The first-order chi connectivity index (χ1) is 10.5. The molecule has 0 bridgehead atoms. The average molecular weight is 318 g/mol. The summed E-state index contributed by atoms with van der Waals surface area (Å²) in [6, 6.07) is 2.09. The van der Waals surface area contributed by atoms with Crippen LogP contribution in [0, 0.1) is 6.92 Å². The second-order valence-electron chi connectivity index (χ2n) is 6.19. The van der Waals surface area contributed by atoms with Crippen molar-refractivity contribution in [2.24, 2.45) is 0 Å². The lowest BCUT2D eigenvalue weighted by Crippen LogP contribution is -2.39. The molecule has 0 N–H and O–H groups in total. The standard InChI is InChI=1S/C16H22N4OS/c1-11(2)20-8-6-14(18-20)16(21)19-7-4-5-13(9-19)15-17-12(3)10-22-15/h6,8,10-11,13H,4-5,7,9H2,1-3H3/t13-/m1/s1. The van der Waals surface area contributed by atoms with Crippen molar-refractivity contribution in [1.29, 1.82) is 0 Å². The van der Waals surface area contributed by atoms with Crippen LogP contribution in [0.25, 0.3) is 0 Å². The van der Waals surface area contributed by atoms with Crippen LogP contribution in [0.5, 0.6) is 0 Å². The van der Waals surface area contributed by atoms with Crippen LogP contribution in [0.3, 0.4) is 0 Å². The van der Waals surface area contributed by atoms with Gasteiger partial charge in [-0.1, -0.05) is 0 Å². The van der Waals surface area contributed by atoms with E-state index in [9.17, 15) is 4.79 Å². The van der Waals surface area contributed by atoms with Gasteiger partial charge in [-0.3, -0.25) is 9.48 Å². The van der Waals surface area contributed by atoms with Gasteiger partial charge >= 0.3 is 0 Å². The zero-order valence-corrected chi connectivity index (χ0v) is 14.1. The van der Waals surface area contributed by atoms with Crippen LogP contribution in [0.2, 0.25) is 0 Å². The van der Waals surface area contributed by atoms with Crippen molar-refractivity contribution >= 4 is 17.2 Å². The van der Waals surface area contributed by atoms with E-state index in [1.807, 2.05) is 28.8 Å². The monoisotopic (exact) mass is 318 g/mol. The molecule has 0 saturated carbocycles. The highest BCUT2D eigenvalue weighted by molar-refractivity contribution is 7.09. The number of hydrogen-bond donors (Lipinski definition) is 0. The quantitative estimate of drug-likeness (QED) is 0.873. The van der Waals surface area contributed by atoms with Gasteiger partial charge in [0, 0.05) is 42.3 Å². The van der Waals surface area contributed by atoms with Crippen LogP contribution in [0.15, 0.2) is 17.6 Å². The van der Waals surface area contributed by atoms with E-state index in [-0.39, 0.29) is 11.9 Å². The molecular formula is C16H22N4OS. The van der Waals surface area contributed by atoms with E-state index in [1.54, 1.807) is 11.3 Å². The molecule has 6 heteroatoms. The average Bonchev–Trinajstić information content (AvgIpc) is 3.15. The molecule has 1 saturated heterocycles. The molecule has 0 unspecified atom stereocenters. The number of aromatic nitrogens is 3. The Balaban J connectivity index is 1.72. The molecule has 1 aliphatic heterocycles. The number of piperidine rings is 1. The topological polar surface area (TPSA) is 51.0 Å². The number of carbonyl (C=O) groups is 1. The molecule has 2 aromatic rings. The minimum Gasteiger partial charge on any atom is -0.337 e. The first kappa shape index (κ1) is 15.2. The van der Waals surface area contributed by atoms with Gasteiger partial charge in [-0.05, 0) is 39.7 Å². The number of rotatable bonds is 3. The van der Waals surface area contributed by atoms with E-state index in [0.717, 1.165) is 36.6 Å². The summed E-state index contributed by atoms with van der Waals surface area (Å²) in [6.45, 7) is 7.70. The summed E-state index contributed by atoms with van der Waals surface area (Å²) in [4.78, 5) is 19.2. The predicted octanol–water partition coefficient (Wildman–Crippen LogP) is 3.25. The van der Waals surface area contributed by atoms with Crippen molar-refractivity contribution in [3.8, 4) is 0 Å². The third-order valence-corrected chi connectivity index (χ3v) is 5.18. The van der Waals surface area contributed by atoms with Gasteiger partial charge in [0.05, 0.1) is 5.01 Å². The largest absolute Gasteiger partial charge is 0.337 e. The Hall–Kier alpha value is -1.69. The lowest BCUT2D eigenvalue weighted by molar-refractivity contribution is 0.0700. The highest BCUT2D eigenvalue weighted by Crippen LogP contribution is 2.29. The molecule has 22 heavy (non-hydrogen) atoms. The van der Waals surface area contributed by atoms with Gasteiger partial charge < -0.3 is 4.90 Å². The third kappa shape index (κ3) is 3.06. The summed E-state index contributed by atoms with van der Waals surface area (Å²) in [5.41, 5.74) is 1.61. The summed E-state index contributed by atoms with van der Waals surface area (Å²) in [5.74, 6) is 0.404. The fourth-order valence-electron chi connectivity index (χ4n) is 2.82. The van der Waals surface area contributed by atoms with Crippen molar-refractivity contribution in [2.75, 3.05) is 13.1 Å². The van der Waals surface area contributed by atoms with E-state index < -0.39 is 0 Å². The van der Waals surface area contributed by atoms with E-state index >= 15 is 0 Å². The second kappa shape index (κ2) is 6.20. The van der Waals surface area contributed by atoms with Gasteiger partial charge in [0.2, 0.25) is 0 Å². The Morgan fingerprint density at radius 2 is 2.27 bits per heavy atom. The molecule has 1 fully saturated rings. The van der Waals surface area contributed by atoms with E-state index in [2.05, 4.69) is 29.3 Å². The number of carbonyl (C=O) groups excluding carboxylic acids is 1. The molecule has 0 radical (unpaired) electrons. The molecule has 0 spiro atoms. The van der Waals surface area contributed by atoms with Gasteiger partial charge in [-0.15, -0.1) is 11.3 Å². The lowest BCUT2D eigenvalue weighted by Gasteiger charge is -2.31. The molecule has 1 aliphatic rings. The van der Waals surface area contributed by atoms with Crippen LogP contribution < -0.4 is 0 Å². The van der Waals surface area contributed by atoms with Gasteiger partial charge in [-0.2, -0.15) is 5.10 Å². The van der Waals surface area contributed by atoms with Crippen molar-refractivity contribution in [3.05, 3.63) is 34.0 Å². The smallest absolute Gasteiger partial charge is 0.274 e. The van der Waals surface area contributed by atoms with Crippen LogP contribution in [0.1, 0.15) is 59.8 Å². The van der Waals surface area contributed by atoms with Gasteiger partial charge in [0.1, 0.15) is 5.69 Å². The Kier molecular flexibility index (Phi) is 4.29. The minimum absolute atomic E-state index is 0.0392. The lowest BCUT2D eigenvalue weighted by atomic mass is 9.98. The summed E-state index contributed by atoms with van der Waals surface area (Å²) >= 11 is 1.70. The van der Waals surface area contributed by atoms with Crippen molar-refractivity contribution in [2.45, 2.75) is 45.6 Å². The molecule has 118 valence electrons. The molecule has 2 aromatic heterocycles. The SMILES string of the molecule is Cc1csc([C@@H]2CCCN(C(=O)c3ccn(C(C)C)n3)C2)n1. The Morgan fingerprint density at radius 1 is 1.45 bits per heavy atom. The number of likely N-dealkylation sites (tertiary alicyclic amines) is 1. The van der Waals surface area contributed by atoms with Crippen LogP contribution in [-0.4, -0.2) is 38.7 Å². The number of amides is 1. The Morgan fingerprint density at radius 3 is 2.91 bits per heavy atom. The van der Waals surface area contributed by atoms with E-state index in [1.165, 1.54) is 0 Å². The number of aryl methyl sites for hydroxylation is 1. The molecule has 3 rings (SSSR count). The number of thiazole rings is 1. The zero-order chi connectivity index (χ0) is 15.7. The van der Waals surface area contributed by atoms with Gasteiger partial charge in [-0.25, -0.2) is 4.98 Å². The maximum absolute atomic E-state index is 12.7. The molecule has 1 atom stereocenters. The molecule has 3 heterocycles. The summed E-state index contributed by atoms with van der Waals surface area (Å²) in [6.07, 6.45) is 4.01. The Bertz CT molecular complexity index is 661. The summed E-state index contributed by atoms with van der Waals surface area (Å²) in [5, 5.41) is 7.64. The van der Waals surface area contributed by atoms with Crippen LogP contribution >= 0.6 is 11.3 Å². The maximum Gasteiger partial charge on any atom is 0.274 e. The summed E-state index contributed by atoms with van der Waals surface area (Å²) < 4.78 is 1.83. The van der Waals surface area contributed by atoms with Gasteiger partial charge in [0.25, 0.3) is 5.91 Å². The summed E-state index contributed by atoms with van der Waals surface area (Å²) in [7, 11) is 0. The molecule has 1 amide bonds. The van der Waals surface area contributed by atoms with Crippen molar-refractivity contribution in [1.82, 2.24) is 19.7 Å². The highest BCUT2D eigenvalue weighted by atomic mass is 32.1. The van der Waals surface area contributed by atoms with Crippen molar-refractivity contribution < 1.29 is 4.79 Å². The Labute approximate surface area is 135 Å². The minimum atomic E-state index is 0.0392. The molecule has 5 nitrogen and oxygen atoms in total. The first-order valence-electron chi connectivity index (χ1n) is 7.81. The molecular weight excluding hydrogens is 296 g/mol. The normalized spacial score (nSPS) is 18.9. The fourth-order valence-corrected chi connectivity index (χ4v) is 3.75. The van der Waals surface area contributed by atoms with Crippen LogP contribution in [-0.2, 0) is 0 Å². The number of nitrogens with zero attached hydrogens (tertiary/aromatic N) is 4. The van der Waals surface area contributed by atoms with E-state index in [4.69, 9.17) is 0 Å². The molecule has 0 aromatic carbocycles. The van der Waals surface area contributed by atoms with Crippen molar-refractivity contribution in [3.63, 3.8) is 0 Å². The maximum atomic E-state index is 12.7. The van der Waals surface area contributed by atoms with Gasteiger partial charge in [0.15, 0.2) is 0 Å². The second-order valence-corrected chi connectivity index (χ2v) is 7.08. The third-order valence-electron chi connectivity index (χ3n) is 4.05. The fraction of sp³-hybridized carbons (Fsp3) is 0.562. The molecule has 0 aliphatic carbocycles.